The van der Waals surface area contributed by atoms with Crippen molar-refractivity contribution in [3.8, 4) is 0 Å². The summed E-state index contributed by atoms with van der Waals surface area (Å²) in [6.07, 6.45) is 0.955. The van der Waals surface area contributed by atoms with E-state index in [-0.39, 0.29) is 11.7 Å². The summed E-state index contributed by atoms with van der Waals surface area (Å²) in [4.78, 5) is 14.3. The van der Waals surface area contributed by atoms with Gasteiger partial charge in [-0.15, -0.1) is 10.2 Å². The molecule has 1 N–H and O–H groups in total. The van der Waals surface area contributed by atoms with E-state index in [0.29, 0.717) is 18.1 Å². The van der Waals surface area contributed by atoms with Crippen LogP contribution in [-0.2, 0) is 19.5 Å². The highest BCUT2D eigenvalue weighted by molar-refractivity contribution is 7.13. The van der Waals surface area contributed by atoms with Gasteiger partial charge in [0.25, 0.3) is 5.91 Å². The average molecular weight is 384 g/mol. The van der Waals surface area contributed by atoms with Gasteiger partial charge in [0.05, 0.1) is 6.54 Å². The molecule has 3 aromatic rings. The van der Waals surface area contributed by atoms with E-state index in [1.54, 1.807) is 6.07 Å². The van der Waals surface area contributed by atoms with Crippen molar-refractivity contribution >= 4 is 22.9 Å². The maximum Gasteiger partial charge on any atom is 0.286 e. The minimum absolute atomic E-state index is 0.247. The molecule has 1 heterocycles. The summed E-state index contributed by atoms with van der Waals surface area (Å²) in [5.41, 5.74) is 2.83. The maximum absolute atomic E-state index is 13.3. The van der Waals surface area contributed by atoms with Crippen LogP contribution in [-0.4, -0.2) is 28.1 Å². The number of nitrogens with one attached hydrogen (secondary N) is 1. The summed E-state index contributed by atoms with van der Waals surface area (Å²) in [5, 5.41) is 12.0. The predicted octanol–water partition coefficient (Wildman–Crippen LogP) is 4.12. The lowest BCUT2D eigenvalue weighted by Gasteiger charge is -2.14. The molecule has 0 aliphatic heterocycles. The Morgan fingerprint density at radius 3 is 2.59 bits per heavy atom. The summed E-state index contributed by atoms with van der Waals surface area (Å²) in [6, 6.07) is 14.2. The number of rotatable bonds is 7. The van der Waals surface area contributed by atoms with E-state index in [4.69, 9.17) is 0 Å². The van der Waals surface area contributed by atoms with E-state index >= 15 is 0 Å². The van der Waals surface area contributed by atoms with Gasteiger partial charge in [-0.05, 0) is 48.9 Å². The number of nitrogens with zero attached hydrogens (tertiary/aromatic N) is 3. The van der Waals surface area contributed by atoms with Gasteiger partial charge in [-0.1, -0.05) is 42.5 Å². The van der Waals surface area contributed by atoms with Gasteiger partial charge < -0.3 is 5.32 Å². The van der Waals surface area contributed by atoms with Gasteiger partial charge in [0.2, 0.25) is 5.01 Å². The number of amides is 1. The first-order valence-corrected chi connectivity index (χ1v) is 9.51. The smallest absolute Gasteiger partial charge is 0.286 e. The van der Waals surface area contributed by atoms with Crippen LogP contribution in [0.15, 0.2) is 48.5 Å². The fourth-order valence-corrected chi connectivity index (χ4v) is 3.47. The topological polar surface area (TPSA) is 58.1 Å². The van der Waals surface area contributed by atoms with Crippen LogP contribution >= 0.6 is 11.3 Å². The van der Waals surface area contributed by atoms with Crippen LogP contribution in [0.3, 0.4) is 0 Å². The van der Waals surface area contributed by atoms with E-state index in [1.165, 1.54) is 29.0 Å². The Labute approximate surface area is 161 Å². The number of carbonyl (C=O) groups is 1. The molecule has 0 radical (unpaired) electrons. The first-order valence-electron chi connectivity index (χ1n) is 8.69. The number of aryl methyl sites for hydroxylation is 1. The van der Waals surface area contributed by atoms with Crippen LogP contribution in [0.25, 0.3) is 0 Å². The number of hydrogen-bond donors (Lipinski definition) is 1. The molecular formula is C20H21FN4OS. The summed E-state index contributed by atoms with van der Waals surface area (Å²) in [5.74, 6) is -0.515. The first kappa shape index (κ1) is 19.1. The number of carbonyl (C=O) groups excluding carboxylic acids is 1. The minimum Gasteiger partial charge on any atom is -0.320 e. The van der Waals surface area contributed by atoms with E-state index < -0.39 is 0 Å². The standard InChI is InChI=1S/C20H21FN4OS/c1-3-14-7-9-17(10-8-14)22-19(26)20-24-23-18(27-20)13-25(2)12-15-5-4-6-16(21)11-15/h4-11H,3,12-13H2,1-2H3,(H,22,26). The fourth-order valence-electron chi connectivity index (χ4n) is 2.65. The van der Waals surface area contributed by atoms with Crippen molar-refractivity contribution in [2.75, 3.05) is 12.4 Å². The molecule has 0 unspecified atom stereocenters. The number of anilines is 1. The quantitative estimate of drug-likeness (QED) is 0.666. The lowest BCUT2D eigenvalue weighted by molar-refractivity contribution is 0.102. The normalized spacial score (nSPS) is 11.0. The van der Waals surface area contributed by atoms with E-state index in [9.17, 15) is 9.18 Å². The van der Waals surface area contributed by atoms with Crippen molar-refractivity contribution in [3.63, 3.8) is 0 Å². The monoisotopic (exact) mass is 384 g/mol. The third-order valence-corrected chi connectivity index (χ3v) is 4.93. The third kappa shape index (κ3) is 5.42. The number of halogens is 1. The highest BCUT2D eigenvalue weighted by Gasteiger charge is 2.14. The molecule has 0 saturated heterocycles. The van der Waals surface area contributed by atoms with Crippen molar-refractivity contribution in [2.24, 2.45) is 0 Å². The van der Waals surface area contributed by atoms with Gasteiger partial charge >= 0.3 is 0 Å². The highest BCUT2D eigenvalue weighted by atomic mass is 32.1. The van der Waals surface area contributed by atoms with Crippen LogP contribution in [0, 0.1) is 5.82 Å². The van der Waals surface area contributed by atoms with Crippen LogP contribution in [0.1, 0.15) is 32.9 Å². The van der Waals surface area contributed by atoms with Crippen molar-refractivity contribution in [2.45, 2.75) is 26.4 Å². The van der Waals surface area contributed by atoms with E-state index in [1.807, 2.05) is 42.3 Å². The summed E-state index contributed by atoms with van der Waals surface area (Å²) < 4.78 is 13.3. The van der Waals surface area contributed by atoms with Gasteiger partial charge in [-0.2, -0.15) is 0 Å². The van der Waals surface area contributed by atoms with Crippen LogP contribution < -0.4 is 5.32 Å². The zero-order chi connectivity index (χ0) is 19.2. The second-order valence-corrected chi connectivity index (χ2v) is 7.37. The molecule has 3 rings (SSSR count). The van der Waals surface area contributed by atoms with Gasteiger partial charge in [-0.25, -0.2) is 4.39 Å². The Kier molecular flexibility index (Phi) is 6.26. The molecule has 0 spiro atoms. The lowest BCUT2D eigenvalue weighted by Crippen LogP contribution is -2.17. The summed E-state index contributed by atoms with van der Waals surface area (Å²) >= 11 is 1.26. The third-order valence-electron chi connectivity index (χ3n) is 4.03. The average Bonchev–Trinajstić information content (AvgIpc) is 3.11. The molecule has 0 atom stereocenters. The molecule has 0 saturated carbocycles. The fraction of sp³-hybridized carbons (Fsp3) is 0.250. The zero-order valence-corrected chi connectivity index (χ0v) is 16.1. The predicted molar refractivity (Wildman–Crippen MR) is 105 cm³/mol. The Morgan fingerprint density at radius 1 is 1.11 bits per heavy atom. The molecule has 2 aromatic carbocycles. The number of hydrogen-bond acceptors (Lipinski definition) is 5. The first-order chi connectivity index (χ1) is 13.0. The summed E-state index contributed by atoms with van der Waals surface area (Å²) in [7, 11) is 1.92. The number of benzene rings is 2. The van der Waals surface area contributed by atoms with Crippen molar-refractivity contribution in [1.82, 2.24) is 15.1 Å². The highest BCUT2D eigenvalue weighted by Crippen LogP contribution is 2.16. The summed E-state index contributed by atoms with van der Waals surface area (Å²) in [6.45, 7) is 3.21. The van der Waals surface area contributed by atoms with Crippen molar-refractivity contribution in [1.29, 1.82) is 0 Å². The molecule has 5 nitrogen and oxygen atoms in total. The molecule has 1 amide bonds. The van der Waals surface area contributed by atoms with Gasteiger partial charge in [0.1, 0.15) is 10.8 Å². The van der Waals surface area contributed by atoms with Gasteiger partial charge in [-0.3, -0.25) is 9.69 Å². The van der Waals surface area contributed by atoms with Gasteiger partial charge in [0, 0.05) is 12.2 Å². The van der Waals surface area contributed by atoms with Crippen LogP contribution in [0.2, 0.25) is 0 Å². The molecule has 140 valence electrons. The van der Waals surface area contributed by atoms with Crippen molar-refractivity contribution < 1.29 is 9.18 Å². The van der Waals surface area contributed by atoms with Crippen LogP contribution in [0.4, 0.5) is 10.1 Å². The second kappa shape index (κ2) is 8.83. The molecule has 0 bridgehead atoms. The van der Waals surface area contributed by atoms with Crippen LogP contribution in [0.5, 0.6) is 0 Å². The molecule has 0 fully saturated rings. The SMILES string of the molecule is CCc1ccc(NC(=O)c2nnc(CN(C)Cc3cccc(F)c3)s2)cc1. The van der Waals surface area contributed by atoms with Gasteiger partial charge in [0.15, 0.2) is 0 Å². The molecule has 1 aromatic heterocycles. The Balaban J connectivity index is 1.57. The lowest BCUT2D eigenvalue weighted by atomic mass is 10.1. The Bertz CT molecular complexity index is 910. The molecule has 27 heavy (non-hydrogen) atoms. The number of aromatic nitrogens is 2. The largest absolute Gasteiger partial charge is 0.320 e. The molecule has 7 heteroatoms. The Hall–Kier alpha value is -2.64. The second-order valence-electron chi connectivity index (χ2n) is 6.31. The van der Waals surface area contributed by atoms with E-state index in [0.717, 1.165) is 22.7 Å². The minimum atomic E-state index is -0.268. The molecule has 0 aliphatic carbocycles. The van der Waals surface area contributed by atoms with E-state index in [2.05, 4.69) is 22.4 Å². The maximum atomic E-state index is 13.3. The molecular weight excluding hydrogens is 363 g/mol. The Morgan fingerprint density at radius 2 is 1.89 bits per heavy atom. The zero-order valence-electron chi connectivity index (χ0n) is 15.3. The molecule has 0 aliphatic rings. The van der Waals surface area contributed by atoms with Crippen molar-refractivity contribution in [3.05, 3.63) is 75.5 Å².